The summed E-state index contributed by atoms with van der Waals surface area (Å²) in [5, 5.41) is 1.11. The molecule has 0 saturated carbocycles. The molecule has 4 rings (SSSR count). The smallest absolute Gasteiger partial charge is 0.248 e. The Labute approximate surface area is 159 Å². The average molecular weight is 362 g/mol. The van der Waals surface area contributed by atoms with E-state index in [1.54, 1.807) is 12.1 Å². The molecule has 1 unspecified atom stereocenters. The summed E-state index contributed by atoms with van der Waals surface area (Å²) in [5.74, 6) is 0.390. The lowest BCUT2D eigenvalue weighted by atomic mass is 9.95. The zero-order valence-corrected chi connectivity index (χ0v) is 15.7. The lowest BCUT2D eigenvalue weighted by Crippen LogP contribution is -2.34. The van der Waals surface area contributed by atoms with Crippen molar-refractivity contribution < 1.29 is 4.79 Å². The van der Waals surface area contributed by atoms with E-state index in [0.717, 1.165) is 42.1 Å². The van der Waals surface area contributed by atoms with E-state index in [2.05, 4.69) is 27.9 Å². The molecule has 3 heterocycles. The third kappa shape index (κ3) is 3.60. The van der Waals surface area contributed by atoms with Crippen LogP contribution in [0.15, 0.2) is 42.6 Å². The summed E-state index contributed by atoms with van der Waals surface area (Å²) in [5.41, 5.74) is 10.3. The average Bonchev–Trinajstić information content (AvgIpc) is 3.06. The van der Waals surface area contributed by atoms with Gasteiger partial charge in [-0.1, -0.05) is 25.5 Å². The van der Waals surface area contributed by atoms with Gasteiger partial charge in [-0.25, -0.2) is 4.98 Å². The molecule has 0 spiro atoms. The molecular weight excluding hydrogens is 336 g/mol. The summed E-state index contributed by atoms with van der Waals surface area (Å²) < 4.78 is 0. The van der Waals surface area contributed by atoms with Crippen LogP contribution in [-0.2, 0) is 6.54 Å². The minimum absolute atomic E-state index is 0.402. The molecule has 1 saturated heterocycles. The fourth-order valence-corrected chi connectivity index (χ4v) is 4.18. The minimum Gasteiger partial charge on any atom is -0.366 e. The van der Waals surface area contributed by atoms with Crippen molar-refractivity contribution in [3.8, 4) is 11.1 Å². The largest absolute Gasteiger partial charge is 0.366 e. The summed E-state index contributed by atoms with van der Waals surface area (Å²) in [6, 6.07) is 11.6. The number of hydrogen-bond acceptors (Lipinski definition) is 3. The minimum atomic E-state index is -0.402. The first-order valence-electron chi connectivity index (χ1n) is 9.74. The Morgan fingerprint density at radius 2 is 2.11 bits per heavy atom. The first-order chi connectivity index (χ1) is 13.2. The summed E-state index contributed by atoms with van der Waals surface area (Å²) in [6.07, 6.45) is 5.66. The molecule has 3 N–H and O–H groups in total. The van der Waals surface area contributed by atoms with Gasteiger partial charge in [0.05, 0.1) is 0 Å². The number of carbonyl (C=O) groups is 1. The summed E-state index contributed by atoms with van der Waals surface area (Å²) in [7, 11) is 0. The van der Waals surface area contributed by atoms with Crippen molar-refractivity contribution >= 4 is 16.9 Å². The van der Waals surface area contributed by atoms with E-state index in [4.69, 9.17) is 5.73 Å². The third-order valence-corrected chi connectivity index (χ3v) is 5.67. The van der Waals surface area contributed by atoms with Gasteiger partial charge in [0.25, 0.3) is 0 Å². The highest BCUT2D eigenvalue weighted by atomic mass is 16.1. The zero-order valence-electron chi connectivity index (χ0n) is 15.7. The normalized spacial score (nSPS) is 18.0. The first-order valence-corrected chi connectivity index (χ1v) is 9.74. The van der Waals surface area contributed by atoms with Crippen molar-refractivity contribution in [3.63, 3.8) is 0 Å². The van der Waals surface area contributed by atoms with Gasteiger partial charge in [-0.3, -0.25) is 9.69 Å². The number of nitrogens with zero attached hydrogens (tertiary/aromatic N) is 2. The van der Waals surface area contributed by atoms with E-state index in [9.17, 15) is 4.79 Å². The predicted molar refractivity (Wildman–Crippen MR) is 108 cm³/mol. The summed E-state index contributed by atoms with van der Waals surface area (Å²) in [4.78, 5) is 22.0. The van der Waals surface area contributed by atoms with Crippen LogP contribution in [0, 0.1) is 5.92 Å². The number of aromatic amines is 1. The van der Waals surface area contributed by atoms with Gasteiger partial charge in [0, 0.05) is 41.5 Å². The molecule has 3 aromatic rings. The Bertz CT molecular complexity index is 945. The Hall–Kier alpha value is -2.66. The molecule has 1 aromatic carbocycles. The number of pyridine rings is 1. The monoisotopic (exact) mass is 362 g/mol. The highest BCUT2D eigenvalue weighted by Gasteiger charge is 2.22. The van der Waals surface area contributed by atoms with Crippen molar-refractivity contribution in [2.24, 2.45) is 11.7 Å². The van der Waals surface area contributed by atoms with E-state index < -0.39 is 5.91 Å². The zero-order chi connectivity index (χ0) is 18.8. The van der Waals surface area contributed by atoms with Gasteiger partial charge in [0.15, 0.2) is 0 Å². The number of carbonyl (C=O) groups excluding carboxylic acids is 1. The van der Waals surface area contributed by atoms with Crippen molar-refractivity contribution in [2.75, 3.05) is 13.1 Å². The molecule has 1 amide bonds. The van der Waals surface area contributed by atoms with Gasteiger partial charge >= 0.3 is 0 Å². The van der Waals surface area contributed by atoms with E-state index >= 15 is 0 Å². The maximum atomic E-state index is 11.4. The quantitative estimate of drug-likeness (QED) is 0.721. The number of nitrogens with two attached hydrogens (primary N) is 1. The van der Waals surface area contributed by atoms with Crippen LogP contribution in [-0.4, -0.2) is 33.9 Å². The topological polar surface area (TPSA) is 75.0 Å². The third-order valence-electron chi connectivity index (χ3n) is 5.67. The molecule has 1 aliphatic rings. The van der Waals surface area contributed by atoms with Crippen molar-refractivity contribution in [1.29, 1.82) is 0 Å². The lowest BCUT2D eigenvalue weighted by Gasteiger charge is -2.32. The predicted octanol–water partition coefficient (Wildman–Crippen LogP) is 3.95. The van der Waals surface area contributed by atoms with Crippen LogP contribution in [0.2, 0.25) is 0 Å². The Kier molecular flexibility index (Phi) is 4.94. The molecule has 5 heteroatoms. The second kappa shape index (κ2) is 7.53. The number of benzene rings is 1. The second-order valence-corrected chi connectivity index (χ2v) is 7.47. The second-order valence-electron chi connectivity index (χ2n) is 7.47. The van der Waals surface area contributed by atoms with Gasteiger partial charge in [-0.15, -0.1) is 0 Å². The number of rotatable bonds is 5. The Morgan fingerprint density at radius 3 is 2.85 bits per heavy atom. The van der Waals surface area contributed by atoms with E-state index in [1.165, 1.54) is 30.5 Å². The molecular formula is C22H26N4O. The molecule has 27 heavy (non-hydrogen) atoms. The number of amides is 1. The van der Waals surface area contributed by atoms with Gasteiger partial charge in [-0.05, 0) is 55.1 Å². The number of H-pyrrole nitrogens is 1. The number of aromatic nitrogens is 2. The maximum absolute atomic E-state index is 11.4. The van der Waals surface area contributed by atoms with Crippen LogP contribution in [0.4, 0.5) is 0 Å². The number of nitrogens with one attached hydrogen (secondary N) is 1. The number of piperidine rings is 1. The molecule has 5 nitrogen and oxygen atoms in total. The van der Waals surface area contributed by atoms with Crippen molar-refractivity contribution in [2.45, 2.75) is 32.7 Å². The van der Waals surface area contributed by atoms with E-state index in [-0.39, 0.29) is 0 Å². The van der Waals surface area contributed by atoms with Crippen LogP contribution < -0.4 is 5.73 Å². The van der Waals surface area contributed by atoms with E-state index in [1.807, 2.05) is 24.4 Å². The standard InChI is InChI=1S/C22H26N4O/c1-2-15-5-4-12-26(13-15)14-19-20(18-6-3-11-24-22(18)25-19)16-7-9-17(10-8-16)21(23)27/h3,6-11,15H,2,4-5,12-14H2,1H3,(H2,23,27)(H,24,25). The molecule has 0 aliphatic carbocycles. The molecule has 1 fully saturated rings. The van der Waals surface area contributed by atoms with Gasteiger partial charge in [0.2, 0.25) is 5.91 Å². The van der Waals surface area contributed by atoms with Crippen LogP contribution in [0.25, 0.3) is 22.2 Å². The van der Waals surface area contributed by atoms with Crippen LogP contribution in [0.1, 0.15) is 42.2 Å². The molecule has 1 atom stereocenters. The fourth-order valence-electron chi connectivity index (χ4n) is 4.18. The SMILES string of the molecule is CCC1CCCN(Cc2[nH]c3ncccc3c2-c2ccc(C(N)=O)cc2)C1. The van der Waals surface area contributed by atoms with Crippen molar-refractivity contribution in [1.82, 2.24) is 14.9 Å². The number of likely N-dealkylation sites (tertiary alicyclic amines) is 1. The lowest BCUT2D eigenvalue weighted by molar-refractivity contribution is 0.100. The molecule has 1 aliphatic heterocycles. The molecule has 0 radical (unpaired) electrons. The highest BCUT2D eigenvalue weighted by molar-refractivity contribution is 5.97. The summed E-state index contributed by atoms with van der Waals surface area (Å²) >= 11 is 0. The molecule has 140 valence electrons. The van der Waals surface area contributed by atoms with Crippen molar-refractivity contribution in [3.05, 3.63) is 53.9 Å². The number of fused-ring (bicyclic) bond motifs is 1. The highest BCUT2D eigenvalue weighted by Crippen LogP contribution is 2.33. The fraction of sp³-hybridized carbons (Fsp3) is 0.364. The number of primary amides is 1. The van der Waals surface area contributed by atoms with E-state index in [0.29, 0.717) is 5.56 Å². The Balaban J connectivity index is 1.72. The maximum Gasteiger partial charge on any atom is 0.248 e. The summed E-state index contributed by atoms with van der Waals surface area (Å²) in [6.45, 7) is 5.46. The Morgan fingerprint density at radius 1 is 1.30 bits per heavy atom. The van der Waals surface area contributed by atoms with Gasteiger partial charge in [0.1, 0.15) is 5.65 Å². The van der Waals surface area contributed by atoms with Crippen LogP contribution in [0.5, 0.6) is 0 Å². The van der Waals surface area contributed by atoms with Gasteiger partial charge in [-0.2, -0.15) is 0 Å². The number of hydrogen-bond donors (Lipinski definition) is 2. The molecule has 0 bridgehead atoms. The van der Waals surface area contributed by atoms with Crippen LogP contribution >= 0.6 is 0 Å². The molecule has 2 aromatic heterocycles. The van der Waals surface area contributed by atoms with Gasteiger partial charge < -0.3 is 10.7 Å². The van der Waals surface area contributed by atoms with Crippen LogP contribution in [0.3, 0.4) is 0 Å². The first kappa shape index (κ1) is 17.7.